The highest BCUT2D eigenvalue weighted by Gasteiger charge is 2.39. The summed E-state index contributed by atoms with van der Waals surface area (Å²) in [6.07, 6.45) is 0.584. The molecule has 1 N–H and O–H groups in total. The SMILES string of the molecule is Cc1cc(S(=O)(=O)N2CCC(C(C)(C)O)C2)c(Cl)cc1F. The molecule has 0 spiro atoms. The van der Waals surface area contributed by atoms with Gasteiger partial charge in [0.25, 0.3) is 0 Å². The Morgan fingerprint density at radius 3 is 2.57 bits per heavy atom. The van der Waals surface area contributed by atoms with Crippen molar-refractivity contribution in [1.29, 1.82) is 0 Å². The molecule has 0 amide bonds. The largest absolute Gasteiger partial charge is 0.390 e. The molecule has 1 aromatic rings. The molecule has 1 aliphatic rings. The number of halogens is 2. The summed E-state index contributed by atoms with van der Waals surface area (Å²) >= 11 is 5.90. The summed E-state index contributed by atoms with van der Waals surface area (Å²) in [4.78, 5) is -0.0838. The van der Waals surface area contributed by atoms with Crippen LogP contribution in [0.1, 0.15) is 25.8 Å². The zero-order valence-electron chi connectivity index (χ0n) is 12.2. The van der Waals surface area contributed by atoms with Gasteiger partial charge in [-0.2, -0.15) is 4.31 Å². The molecule has 0 aliphatic carbocycles. The Labute approximate surface area is 129 Å². The smallest absolute Gasteiger partial charge is 0.244 e. The summed E-state index contributed by atoms with van der Waals surface area (Å²) in [5.74, 6) is -0.665. The van der Waals surface area contributed by atoms with Gasteiger partial charge < -0.3 is 5.11 Å². The second-order valence-electron chi connectivity index (χ2n) is 6.03. The Kier molecular flexibility index (Phi) is 4.37. The summed E-state index contributed by atoms with van der Waals surface area (Å²) in [7, 11) is -3.78. The lowest BCUT2D eigenvalue weighted by Crippen LogP contribution is -2.35. The van der Waals surface area contributed by atoms with Gasteiger partial charge in [0, 0.05) is 19.0 Å². The normalized spacial score (nSPS) is 21.0. The lowest BCUT2D eigenvalue weighted by atomic mass is 9.91. The summed E-state index contributed by atoms with van der Waals surface area (Å²) < 4.78 is 40.0. The Morgan fingerprint density at radius 2 is 2.05 bits per heavy atom. The lowest BCUT2D eigenvalue weighted by molar-refractivity contribution is 0.0236. The third-order valence-corrected chi connectivity index (χ3v) is 6.31. The minimum absolute atomic E-state index is 0.0838. The summed E-state index contributed by atoms with van der Waals surface area (Å²) in [5, 5.41) is 9.89. The maximum atomic E-state index is 13.4. The van der Waals surface area contributed by atoms with E-state index < -0.39 is 21.4 Å². The van der Waals surface area contributed by atoms with E-state index in [1.807, 2.05) is 0 Å². The van der Waals surface area contributed by atoms with E-state index in [4.69, 9.17) is 11.6 Å². The average molecular weight is 336 g/mol. The minimum atomic E-state index is -3.78. The molecule has 4 nitrogen and oxygen atoms in total. The van der Waals surface area contributed by atoms with Crippen molar-refractivity contribution in [1.82, 2.24) is 4.31 Å². The molecule has 1 aliphatic heterocycles. The highest BCUT2D eigenvalue weighted by molar-refractivity contribution is 7.89. The molecule has 1 atom stereocenters. The van der Waals surface area contributed by atoms with Gasteiger partial charge in [-0.15, -0.1) is 0 Å². The number of aliphatic hydroxyl groups is 1. The van der Waals surface area contributed by atoms with E-state index in [-0.39, 0.29) is 27.9 Å². The van der Waals surface area contributed by atoms with Crippen molar-refractivity contribution in [2.45, 2.75) is 37.7 Å². The fraction of sp³-hybridized carbons (Fsp3) is 0.571. The molecule has 7 heteroatoms. The van der Waals surface area contributed by atoms with Gasteiger partial charge in [0.2, 0.25) is 10.0 Å². The lowest BCUT2D eigenvalue weighted by Gasteiger charge is -2.25. The van der Waals surface area contributed by atoms with Gasteiger partial charge >= 0.3 is 0 Å². The number of hydrogen-bond donors (Lipinski definition) is 1. The van der Waals surface area contributed by atoms with Crippen LogP contribution in [-0.2, 0) is 10.0 Å². The second-order valence-corrected chi connectivity index (χ2v) is 8.35. The number of nitrogens with zero attached hydrogens (tertiary/aromatic N) is 1. The molecule has 0 radical (unpaired) electrons. The molecule has 1 heterocycles. The fourth-order valence-electron chi connectivity index (χ4n) is 2.49. The molecule has 1 unspecified atom stereocenters. The van der Waals surface area contributed by atoms with Crippen LogP contribution in [0.2, 0.25) is 5.02 Å². The number of hydrogen-bond acceptors (Lipinski definition) is 3. The van der Waals surface area contributed by atoms with E-state index in [0.717, 1.165) is 6.07 Å². The zero-order valence-corrected chi connectivity index (χ0v) is 13.8. The van der Waals surface area contributed by atoms with Crippen LogP contribution in [0, 0.1) is 18.7 Å². The first kappa shape index (κ1) is 16.7. The predicted molar refractivity (Wildman–Crippen MR) is 79.3 cm³/mol. The van der Waals surface area contributed by atoms with Crippen molar-refractivity contribution in [3.63, 3.8) is 0 Å². The van der Waals surface area contributed by atoms with Crippen molar-refractivity contribution in [2.75, 3.05) is 13.1 Å². The van der Waals surface area contributed by atoms with E-state index in [2.05, 4.69) is 0 Å². The third kappa shape index (κ3) is 3.23. The molecule has 1 aromatic carbocycles. The van der Waals surface area contributed by atoms with Gasteiger partial charge in [-0.1, -0.05) is 11.6 Å². The molecular weight excluding hydrogens is 317 g/mol. The van der Waals surface area contributed by atoms with E-state index in [0.29, 0.717) is 13.0 Å². The van der Waals surface area contributed by atoms with Crippen molar-refractivity contribution in [3.05, 3.63) is 28.5 Å². The quantitative estimate of drug-likeness (QED) is 0.923. The predicted octanol–water partition coefficient (Wildman–Crippen LogP) is 2.57. The molecule has 0 aromatic heterocycles. The molecule has 1 fully saturated rings. The number of benzene rings is 1. The fourth-order valence-corrected chi connectivity index (χ4v) is 4.56. The summed E-state index contributed by atoms with van der Waals surface area (Å²) in [5.41, 5.74) is -0.705. The van der Waals surface area contributed by atoms with E-state index in [1.165, 1.54) is 17.3 Å². The van der Waals surface area contributed by atoms with E-state index in [9.17, 15) is 17.9 Å². The molecule has 0 saturated carbocycles. The monoisotopic (exact) mass is 335 g/mol. The maximum absolute atomic E-state index is 13.4. The number of rotatable bonds is 3. The van der Waals surface area contributed by atoms with Gasteiger partial charge in [0.1, 0.15) is 10.7 Å². The third-order valence-electron chi connectivity index (χ3n) is 3.98. The second kappa shape index (κ2) is 5.50. The highest BCUT2D eigenvalue weighted by Crippen LogP contribution is 2.33. The first-order valence-electron chi connectivity index (χ1n) is 6.71. The standard InChI is InChI=1S/C14H19ClFNO3S/c1-9-6-13(11(15)7-12(9)16)21(19,20)17-5-4-10(8-17)14(2,3)18/h6-7,10,18H,4-5,8H2,1-3H3. The van der Waals surface area contributed by atoms with Gasteiger partial charge in [0.05, 0.1) is 10.6 Å². The average Bonchev–Trinajstić information content (AvgIpc) is 2.83. The van der Waals surface area contributed by atoms with Crippen LogP contribution >= 0.6 is 11.6 Å². The summed E-state index contributed by atoms with van der Waals surface area (Å²) in [6.45, 7) is 5.39. The number of sulfonamides is 1. The van der Waals surface area contributed by atoms with Gasteiger partial charge in [-0.25, -0.2) is 12.8 Å². The highest BCUT2D eigenvalue weighted by atomic mass is 35.5. The van der Waals surface area contributed by atoms with Crippen molar-refractivity contribution >= 4 is 21.6 Å². The zero-order chi connectivity index (χ0) is 16.0. The molecule has 21 heavy (non-hydrogen) atoms. The Bertz CT molecular complexity index is 655. The molecule has 118 valence electrons. The minimum Gasteiger partial charge on any atom is -0.390 e. The van der Waals surface area contributed by atoms with Gasteiger partial charge in [0.15, 0.2) is 0 Å². The van der Waals surface area contributed by atoms with Crippen molar-refractivity contribution < 1.29 is 17.9 Å². The first-order chi connectivity index (χ1) is 9.53. The van der Waals surface area contributed by atoms with Crippen LogP contribution < -0.4 is 0 Å². The Hall–Kier alpha value is -0.690. The maximum Gasteiger partial charge on any atom is 0.244 e. The van der Waals surface area contributed by atoms with Crippen LogP contribution in [0.5, 0.6) is 0 Å². The molecule has 1 saturated heterocycles. The van der Waals surface area contributed by atoms with Crippen LogP contribution in [0.25, 0.3) is 0 Å². The first-order valence-corrected chi connectivity index (χ1v) is 8.53. The summed E-state index contributed by atoms with van der Waals surface area (Å²) in [6, 6.07) is 2.28. The Balaban J connectivity index is 2.34. The van der Waals surface area contributed by atoms with Gasteiger partial charge in [-0.3, -0.25) is 0 Å². The van der Waals surface area contributed by atoms with Crippen LogP contribution in [0.4, 0.5) is 4.39 Å². The van der Waals surface area contributed by atoms with E-state index >= 15 is 0 Å². The van der Waals surface area contributed by atoms with Gasteiger partial charge in [-0.05, 0) is 44.9 Å². The van der Waals surface area contributed by atoms with Crippen LogP contribution in [0.15, 0.2) is 17.0 Å². The van der Waals surface area contributed by atoms with Crippen molar-refractivity contribution in [2.24, 2.45) is 5.92 Å². The topological polar surface area (TPSA) is 57.6 Å². The van der Waals surface area contributed by atoms with E-state index in [1.54, 1.807) is 13.8 Å². The molecule has 0 bridgehead atoms. The van der Waals surface area contributed by atoms with Crippen molar-refractivity contribution in [3.8, 4) is 0 Å². The van der Waals surface area contributed by atoms with Crippen LogP contribution in [-0.4, -0.2) is 36.5 Å². The molecular formula is C14H19ClFNO3S. The molecule has 2 rings (SSSR count). The Morgan fingerprint density at radius 1 is 1.43 bits per heavy atom. The van der Waals surface area contributed by atoms with Crippen LogP contribution in [0.3, 0.4) is 0 Å². The number of aryl methyl sites for hydroxylation is 1.